The van der Waals surface area contributed by atoms with Gasteiger partial charge in [-0.15, -0.1) is 0 Å². The molecule has 0 bridgehead atoms. The average Bonchev–Trinajstić information content (AvgIpc) is 2.79. The minimum absolute atomic E-state index is 0.157. The van der Waals surface area contributed by atoms with Crippen molar-refractivity contribution in [3.8, 4) is 5.75 Å². The molecular weight excluding hydrogens is 279 g/mol. The molecule has 0 radical (unpaired) electrons. The standard InChI is InChI=1S/C16H14ClFO2/c17-12-3-1-11(15(18)8-12)9-20-13-4-5-14-10(7-13)2-6-16(14)19/h1,3-5,7-8,16,19H,2,6,9H2/t16-/m0/s1. The number of benzene rings is 2. The summed E-state index contributed by atoms with van der Waals surface area (Å²) in [4.78, 5) is 0. The molecule has 2 nitrogen and oxygen atoms in total. The normalized spacial score (nSPS) is 17.1. The molecule has 0 aromatic heterocycles. The summed E-state index contributed by atoms with van der Waals surface area (Å²) in [5, 5.41) is 10.1. The van der Waals surface area contributed by atoms with Crippen LogP contribution in [0.2, 0.25) is 5.02 Å². The Hall–Kier alpha value is -1.58. The van der Waals surface area contributed by atoms with Crippen LogP contribution in [0.1, 0.15) is 29.2 Å². The third-order valence-electron chi connectivity index (χ3n) is 3.57. The third-order valence-corrected chi connectivity index (χ3v) is 3.81. The summed E-state index contributed by atoms with van der Waals surface area (Å²) in [5.41, 5.74) is 2.54. The molecule has 20 heavy (non-hydrogen) atoms. The van der Waals surface area contributed by atoms with Gasteiger partial charge < -0.3 is 9.84 Å². The van der Waals surface area contributed by atoms with Crippen molar-refractivity contribution in [1.82, 2.24) is 0 Å². The van der Waals surface area contributed by atoms with Crippen LogP contribution in [0.4, 0.5) is 4.39 Å². The molecule has 0 unspecified atom stereocenters. The van der Waals surface area contributed by atoms with Crippen LogP contribution in [-0.4, -0.2) is 5.11 Å². The number of fused-ring (bicyclic) bond motifs is 1. The molecule has 1 N–H and O–H groups in total. The molecule has 2 aromatic carbocycles. The quantitative estimate of drug-likeness (QED) is 0.925. The molecule has 0 amide bonds. The number of hydrogen-bond acceptors (Lipinski definition) is 2. The van der Waals surface area contributed by atoms with E-state index in [1.54, 1.807) is 18.2 Å². The Morgan fingerprint density at radius 1 is 1.25 bits per heavy atom. The highest BCUT2D eigenvalue weighted by Crippen LogP contribution is 2.33. The zero-order valence-corrected chi connectivity index (χ0v) is 11.5. The van der Waals surface area contributed by atoms with Gasteiger partial charge in [-0.2, -0.15) is 0 Å². The Morgan fingerprint density at radius 3 is 2.90 bits per heavy atom. The Kier molecular flexibility index (Phi) is 3.64. The molecule has 0 saturated heterocycles. The monoisotopic (exact) mass is 292 g/mol. The fourth-order valence-electron chi connectivity index (χ4n) is 2.46. The summed E-state index contributed by atoms with van der Waals surface area (Å²) in [5.74, 6) is 0.321. The third kappa shape index (κ3) is 2.65. The van der Waals surface area contributed by atoms with Gasteiger partial charge in [0.25, 0.3) is 0 Å². The summed E-state index contributed by atoms with van der Waals surface area (Å²) in [6.07, 6.45) is 1.24. The van der Waals surface area contributed by atoms with E-state index >= 15 is 0 Å². The van der Waals surface area contributed by atoms with Crippen LogP contribution in [0.25, 0.3) is 0 Å². The van der Waals surface area contributed by atoms with Gasteiger partial charge in [0.1, 0.15) is 18.2 Å². The van der Waals surface area contributed by atoms with Gasteiger partial charge in [-0.3, -0.25) is 0 Å². The van der Waals surface area contributed by atoms with Crippen molar-refractivity contribution in [2.75, 3.05) is 0 Å². The van der Waals surface area contributed by atoms with Gasteiger partial charge in [0.05, 0.1) is 6.10 Å². The van der Waals surface area contributed by atoms with Crippen LogP contribution in [0.15, 0.2) is 36.4 Å². The number of aliphatic hydroxyl groups excluding tert-OH is 1. The SMILES string of the molecule is O[C@H]1CCc2cc(OCc3ccc(Cl)cc3F)ccc21. The highest BCUT2D eigenvalue weighted by molar-refractivity contribution is 6.30. The van der Waals surface area contributed by atoms with E-state index in [9.17, 15) is 9.50 Å². The Balaban J connectivity index is 1.73. The van der Waals surface area contributed by atoms with Gasteiger partial charge in [0.2, 0.25) is 0 Å². The van der Waals surface area contributed by atoms with Gasteiger partial charge >= 0.3 is 0 Å². The molecule has 4 heteroatoms. The molecule has 0 heterocycles. The summed E-state index contributed by atoms with van der Waals surface area (Å²) in [6, 6.07) is 10.1. The smallest absolute Gasteiger partial charge is 0.131 e. The van der Waals surface area contributed by atoms with Crippen molar-refractivity contribution in [1.29, 1.82) is 0 Å². The first-order valence-electron chi connectivity index (χ1n) is 6.51. The number of aryl methyl sites for hydroxylation is 1. The second-order valence-corrected chi connectivity index (χ2v) is 5.38. The number of halogens is 2. The number of rotatable bonds is 3. The Labute approximate surface area is 121 Å². The van der Waals surface area contributed by atoms with Gasteiger partial charge in [0.15, 0.2) is 0 Å². The maximum atomic E-state index is 13.6. The summed E-state index contributed by atoms with van der Waals surface area (Å²) >= 11 is 5.71. The number of ether oxygens (including phenoxy) is 1. The van der Waals surface area contributed by atoms with Crippen molar-refractivity contribution < 1.29 is 14.2 Å². The van der Waals surface area contributed by atoms with Crippen molar-refractivity contribution in [3.05, 3.63) is 63.9 Å². The molecule has 1 atom stereocenters. The average molecular weight is 293 g/mol. The lowest BCUT2D eigenvalue weighted by Gasteiger charge is -2.10. The highest BCUT2D eigenvalue weighted by Gasteiger charge is 2.20. The number of hydrogen-bond donors (Lipinski definition) is 1. The zero-order chi connectivity index (χ0) is 14.1. The topological polar surface area (TPSA) is 29.5 Å². The summed E-state index contributed by atoms with van der Waals surface area (Å²) in [7, 11) is 0. The molecule has 104 valence electrons. The van der Waals surface area contributed by atoms with Gasteiger partial charge in [-0.05, 0) is 48.2 Å². The first-order chi connectivity index (χ1) is 9.63. The molecule has 0 aliphatic heterocycles. The van der Waals surface area contributed by atoms with Crippen LogP contribution in [0.3, 0.4) is 0 Å². The Bertz CT molecular complexity index is 642. The highest BCUT2D eigenvalue weighted by atomic mass is 35.5. The maximum absolute atomic E-state index is 13.6. The lowest BCUT2D eigenvalue weighted by Crippen LogP contribution is -1.99. The maximum Gasteiger partial charge on any atom is 0.131 e. The van der Waals surface area contributed by atoms with E-state index in [0.717, 1.165) is 24.0 Å². The van der Waals surface area contributed by atoms with E-state index in [-0.39, 0.29) is 18.5 Å². The number of aliphatic hydroxyl groups is 1. The van der Waals surface area contributed by atoms with E-state index in [1.165, 1.54) is 6.07 Å². The van der Waals surface area contributed by atoms with Crippen LogP contribution in [-0.2, 0) is 13.0 Å². The minimum atomic E-state index is -0.368. The predicted octanol–water partition coefficient (Wildman–Crippen LogP) is 4.04. The van der Waals surface area contributed by atoms with Gasteiger partial charge in [0, 0.05) is 10.6 Å². The van der Waals surface area contributed by atoms with E-state index < -0.39 is 0 Å². The first kappa shape index (κ1) is 13.4. The van der Waals surface area contributed by atoms with Crippen LogP contribution < -0.4 is 4.74 Å². The van der Waals surface area contributed by atoms with Crippen LogP contribution >= 0.6 is 11.6 Å². The second kappa shape index (κ2) is 5.43. The molecule has 0 fully saturated rings. The molecule has 0 saturated carbocycles. The first-order valence-corrected chi connectivity index (χ1v) is 6.89. The van der Waals surface area contributed by atoms with Crippen LogP contribution in [0.5, 0.6) is 5.75 Å². The molecule has 3 rings (SSSR count). The molecule has 0 spiro atoms. The van der Waals surface area contributed by atoms with Crippen LogP contribution in [0, 0.1) is 5.82 Å². The fraction of sp³-hybridized carbons (Fsp3) is 0.250. The van der Waals surface area contributed by atoms with Gasteiger partial charge in [-0.25, -0.2) is 4.39 Å². The molecule has 1 aliphatic carbocycles. The van der Waals surface area contributed by atoms with Crippen molar-refractivity contribution in [3.63, 3.8) is 0 Å². The molecule has 2 aromatic rings. The lowest BCUT2D eigenvalue weighted by molar-refractivity contribution is 0.180. The van der Waals surface area contributed by atoms with E-state index in [2.05, 4.69) is 0 Å². The largest absolute Gasteiger partial charge is 0.489 e. The summed E-state index contributed by atoms with van der Waals surface area (Å²) in [6.45, 7) is 0.157. The van der Waals surface area contributed by atoms with E-state index in [4.69, 9.17) is 16.3 Å². The van der Waals surface area contributed by atoms with E-state index in [0.29, 0.717) is 16.3 Å². The summed E-state index contributed by atoms with van der Waals surface area (Å²) < 4.78 is 19.2. The fourth-order valence-corrected chi connectivity index (χ4v) is 2.62. The Morgan fingerprint density at radius 2 is 2.10 bits per heavy atom. The molecular formula is C16H14ClFO2. The van der Waals surface area contributed by atoms with Gasteiger partial charge in [-0.1, -0.05) is 23.7 Å². The lowest BCUT2D eigenvalue weighted by atomic mass is 10.1. The van der Waals surface area contributed by atoms with Crippen molar-refractivity contribution in [2.24, 2.45) is 0 Å². The predicted molar refractivity (Wildman–Crippen MR) is 75.5 cm³/mol. The molecule has 1 aliphatic rings. The second-order valence-electron chi connectivity index (χ2n) is 4.94. The van der Waals surface area contributed by atoms with Crippen molar-refractivity contribution in [2.45, 2.75) is 25.6 Å². The van der Waals surface area contributed by atoms with E-state index in [1.807, 2.05) is 12.1 Å². The zero-order valence-electron chi connectivity index (χ0n) is 10.8. The minimum Gasteiger partial charge on any atom is -0.489 e. The van der Waals surface area contributed by atoms with Crippen molar-refractivity contribution >= 4 is 11.6 Å².